The SMILES string of the molecule is CCOc1ccc(C)cc1C(C)NC(=O)/C(C#N)=C\N(Cc1ccccc1)Cc1ccccc1. The standard InChI is InChI=1S/C29H31N3O2/c1-4-34-28-16-15-22(2)17-27(28)23(3)31-29(33)26(18-30)21-32(19-24-11-7-5-8-12-24)20-25-13-9-6-10-14-25/h5-17,21,23H,4,19-20H2,1-3H3,(H,31,33)/b26-21-. The highest BCUT2D eigenvalue weighted by Crippen LogP contribution is 2.26. The molecule has 1 N–H and O–H groups in total. The molecular formula is C29H31N3O2. The second-order valence-electron chi connectivity index (χ2n) is 8.20. The fraction of sp³-hybridized carbons (Fsp3) is 0.241. The van der Waals surface area contributed by atoms with Crippen molar-refractivity contribution in [2.75, 3.05) is 6.61 Å². The first kappa shape index (κ1) is 24.6. The molecule has 1 amide bonds. The van der Waals surface area contributed by atoms with Gasteiger partial charge in [-0.3, -0.25) is 4.79 Å². The smallest absolute Gasteiger partial charge is 0.263 e. The van der Waals surface area contributed by atoms with E-state index in [0.29, 0.717) is 19.7 Å². The first-order valence-corrected chi connectivity index (χ1v) is 11.5. The summed E-state index contributed by atoms with van der Waals surface area (Å²) in [6.45, 7) is 7.52. The normalized spacial score (nSPS) is 11.9. The molecule has 3 aromatic rings. The Bertz CT molecular complexity index is 1110. The Hall–Kier alpha value is -4.04. The molecule has 1 atom stereocenters. The molecule has 0 saturated carbocycles. The van der Waals surface area contributed by atoms with E-state index in [9.17, 15) is 10.1 Å². The summed E-state index contributed by atoms with van der Waals surface area (Å²) >= 11 is 0. The summed E-state index contributed by atoms with van der Waals surface area (Å²) in [7, 11) is 0. The third-order valence-corrected chi connectivity index (χ3v) is 5.41. The summed E-state index contributed by atoms with van der Waals surface area (Å²) < 4.78 is 5.74. The fourth-order valence-corrected chi connectivity index (χ4v) is 3.75. The summed E-state index contributed by atoms with van der Waals surface area (Å²) in [6, 6.07) is 27.7. The van der Waals surface area contributed by atoms with Gasteiger partial charge in [-0.05, 0) is 38.0 Å². The Labute approximate surface area is 202 Å². The summed E-state index contributed by atoms with van der Waals surface area (Å²) in [4.78, 5) is 15.1. The summed E-state index contributed by atoms with van der Waals surface area (Å²) in [5.41, 5.74) is 4.22. The predicted octanol–water partition coefficient (Wildman–Crippen LogP) is 5.68. The predicted molar refractivity (Wildman–Crippen MR) is 135 cm³/mol. The maximum Gasteiger partial charge on any atom is 0.263 e. The van der Waals surface area contributed by atoms with Crippen LogP contribution in [0.4, 0.5) is 0 Å². The topological polar surface area (TPSA) is 65.4 Å². The fourth-order valence-electron chi connectivity index (χ4n) is 3.75. The molecule has 0 aliphatic carbocycles. The molecule has 174 valence electrons. The molecular weight excluding hydrogens is 422 g/mol. The number of benzene rings is 3. The van der Waals surface area contributed by atoms with Crippen molar-refractivity contribution in [3.05, 3.63) is 113 Å². The number of hydrogen-bond donors (Lipinski definition) is 1. The number of hydrogen-bond acceptors (Lipinski definition) is 4. The molecule has 0 fully saturated rings. The van der Waals surface area contributed by atoms with Crippen molar-refractivity contribution in [1.82, 2.24) is 10.2 Å². The lowest BCUT2D eigenvalue weighted by molar-refractivity contribution is -0.117. The van der Waals surface area contributed by atoms with Gasteiger partial charge in [0.25, 0.3) is 5.91 Å². The monoisotopic (exact) mass is 453 g/mol. The van der Waals surface area contributed by atoms with Gasteiger partial charge in [-0.25, -0.2) is 0 Å². The van der Waals surface area contributed by atoms with Gasteiger partial charge in [0.15, 0.2) is 0 Å². The maximum absolute atomic E-state index is 13.1. The molecule has 0 heterocycles. The highest BCUT2D eigenvalue weighted by molar-refractivity contribution is 5.97. The van der Waals surface area contributed by atoms with E-state index in [-0.39, 0.29) is 11.6 Å². The zero-order valence-electron chi connectivity index (χ0n) is 20.0. The van der Waals surface area contributed by atoms with Gasteiger partial charge in [0.2, 0.25) is 0 Å². The van der Waals surface area contributed by atoms with Crippen LogP contribution in [0, 0.1) is 18.3 Å². The minimum absolute atomic E-state index is 0.0596. The zero-order valence-corrected chi connectivity index (χ0v) is 20.0. The van der Waals surface area contributed by atoms with E-state index in [1.807, 2.05) is 105 Å². The molecule has 34 heavy (non-hydrogen) atoms. The first-order chi connectivity index (χ1) is 16.5. The zero-order chi connectivity index (χ0) is 24.3. The average Bonchev–Trinajstić information content (AvgIpc) is 2.84. The minimum Gasteiger partial charge on any atom is -0.494 e. The molecule has 5 nitrogen and oxygen atoms in total. The molecule has 3 aromatic carbocycles. The molecule has 0 spiro atoms. The summed E-state index contributed by atoms with van der Waals surface area (Å²) in [5.74, 6) is 0.322. The summed E-state index contributed by atoms with van der Waals surface area (Å²) in [6.07, 6.45) is 1.65. The number of carbonyl (C=O) groups excluding carboxylic acids is 1. The van der Waals surface area contributed by atoms with Gasteiger partial charge >= 0.3 is 0 Å². The Morgan fingerprint density at radius 2 is 1.62 bits per heavy atom. The van der Waals surface area contributed by atoms with Crippen LogP contribution in [-0.2, 0) is 17.9 Å². The van der Waals surface area contributed by atoms with Crippen LogP contribution in [0.2, 0.25) is 0 Å². The third kappa shape index (κ3) is 6.98. The molecule has 0 saturated heterocycles. The van der Waals surface area contributed by atoms with Crippen LogP contribution in [0.25, 0.3) is 0 Å². The molecule has 0 aliphatic heterocycles. The van der Waals surface area contributed by atoms with E-state index in [1.165, 1.54) is 0 Å². The van der Waals surface area contributed by atoms with Gasteiger partial charge in [-0.15, -0.1) is 0 Å². The van der Waals surface area contributed by atoms with E-state index in [2.05, 4.69) is 11.4 Å². The number of nitrogens with one attached hydrogen (secondary N) is 1. The van der Waals surface area contributed by atoms with Crippen LogP contribution < -0.4 is 10.1 Å². The summed E-state index contributed by atoms with van der Waals surface area (Å²) in [5, 5.41) is 12.8. The van der Waals surface area contributed by atoms with Gasteiger partial charge in [-0.2, -0.15) is 5.26 Å². The molecule has 3 rings (SSSR count). The Morgan fingerprint density at radius 1 is 1.03 bits per heavy atom. The molecule has 0 aliphatic rings. The average molecular weight is 454 g/mol. The second kappa shape index (κ2) is 12.3. The van der Waals surface area contributed by atoms with Crippen molar-refractivity contribution in [3.8, 4) is 11.8 Å². The second-order valence-corrected chi connectivity index (χ2v) is 8.20. The van der Waals surface area contributed by atoms with Gasteiger partial charge in [0.05, 0.1) is 12.6 Å². The number of carbonyl (C=O) groups is 1. The number of nitriles is 1. The maximum atomic E-state index is 13.1. The highest BCUT2D eigenvalue weighted by atomic mass is 16.5. The Balaban J connectivity index is 1.82. The van der Waals surface area contributed by atoms with Crippen molar-refractivity contribution in [3.63, 3.8) is 0 Å². The van der Waals surface area contributed by atoms with Crippen molar-refractivity contribution in [1.29, 1.82) is 5.26 Å². The van der Waals surface area contributed by atoms with Crippen LogP contribution in [0.3, 0.4) is 0 Å². The van der Waals surface area contributed by atoms with Crippen molar-refractivity contribution < 1.29 is 9.53 Å². The number of nitrogens with zero attached hydrogens (tertiary/aromatic N) is 2. The van der Waals surface area contributed by atoms with Crippen LogP contribution in [0.15, 0.2) is 90.6 Å². The molecule has 5 heteroatoms. The number of aryl methyl sites for hydroxylation is 1. The van der Waals surface area contributed by atoms with Gasteiger partial charge in [-0.1, -0.05) is 78.4 Å². The van der Waals surface area contributed by atoms with E-state index in [0.717, 1.165) is 28.0 Å². The highest BCUT2D eigenvalue weighted by Gasteiger charge is 2.18. The molecule has 1 unspecified atom stereocenters. The first-order valence-electron chi connectivity index (χ1n) is 11.5. The lowest BCUT2D eigenvalue weighted by atomic mass is 10.0. The van der Waals surface area contributed by atoms with Crippen LogP contribution in [-0.4, -0.2) is 17.4 Å². The third-order valence-electron chi connectivity index (χ3n) is 5.41. The number of rotatable bonds is 10. The molecule has 0 radical (unpaired) electrons. The lowest BCUT2D eigenvalue weighted by Gasteiger charge is -2.22. The largest absolute Gasteiger partial charge is 0.494 e. The molecule has 0 aromatic heterocycles. The van der Waals surface area contributed by atoms with E-state index < -0.39 is 5.91 Å². The van der Waals surface area contributed by atoms with E-state index in [1.54, 1.807) is 6.20 Å². The van der Waals surface area contributed by atoms with Crippen molar-refractivity contribution in [2.45, 2.75) is 39.9 Å². The van der Waals surface area contributed by atoms with Crippen molar-refractivity contribution >= 4 is 5.91 Å². The van der Waals surface area contributed by atoms with E-state index >= 15 is 0 Å². The van der Waals surface area contributed by atoms with Gasteiger partial charge < -0.3 is 15.0 Å². The van der Waals surface area contributed by atoms with Gasteiger partial charge in [0, 0.05) is 24.9 Å². The Kier molecular flexibility index (Phi) is 8.88. The van der Waals surface area contributed by atoms with Crippen LogP contribution in [0.1, 0.15) is 42.1 Å². The minimum atomic E-state index is -0.412. The van der Waals surface area contributed by atoms with Crippen LogP contribution in [0.5, 0.6) is 5.75 Å². The van der Waals surface area contributed by atoms with Gasteiger partial charge in [0.1, 0.15) is 17.4 Å². The number of ether oxygens (including phenoxy) is 1. The van der Waals surface area contributed by atoms with E-state index in [4.69, 9.17) is 4.74 Å². The Morgan fingerprint density at radius 3 is 2.15 bits per heavy atom. The number of amides is 1. The quantitative estimate of drug-likeness (QED) is 0.317. The lowest BCUT2D eigenvalue weighted by Crippen LogP contribution is -2.29. The molecule has 0 bridgehead atoms. The van der Waals surface area contributed by atoms with Crippen molar-refractivity contribution in [2.24, 2.45) is 0 Å². The van der Waals surface area contributed by atoms with Crippen LogP contribution >= 0.6 is 0 Å².